The fourth-order valence-corrected chi connectivity index (χ4v) is 7.00. The van der Waals surface area contributed by atoms with E-state index in [9.17, 15) is 5.11 Å². The molecule has 0 bridgehead atoms. The first kappa shape index (κ1) is 13.3. The van der Waals surface area contributed by atoms with Crippen molar-refractivity contribution in [3.63, 3.8) is 0 Å². The monoisotopic (exact) mass is 304 g/mol. The van der Waals surface area contributed by atoms with Gasteiger partial charge in [0.05, 0.1) is 15.9 Å². The van der Waals surface area contributed by atoms with Gasteiger partial charge in [0.1, 0.15) is 0 Å². The minimum atomic E-state index is -2.94. The van der Waals surface area contributed by atoms with Gasteiger partial charge in [0.25, 0.3) is 8.32 Å². The predicted molar refractivity (Wildman–Crippen MR) is 90.7 cm³/mol. The highest BCUT2D eigenvalue weighted by Gasteiger charge is 2.49. The van der Waals surface area contributed by atoms with E-state index in [-0.39, 0.29) is 5.04 Å². The molecule has 0 radical (unpaired) electrons. The number of benzene rings is 2. The van der Waals surface area contributed by atoms with Gasteiger partial charge in [-0.25, -0.2) is 0 Å². The van der Waals surface area contributed by atoms with Gasteiger partial charge in [-0.15, -0.1) is 0 Å². The second-order valence-corrected chi connectivity index (χ2v) is 10.3. The third kappa shape index (κ3) is 3.10. The molecule has 0 amide bonds. The molecule has 3 heteroatoms. The minimum absolute atomic E-state index is 0.307. The van der Waals surface area contributed by atoms with Gasteiger partial charge in [-0.3, -0.25) is 0 Å². The Morgan fingerprint density at radius 1 is 0.952 bits per heavy atom. The zero-order valence-electron chi connectivity index (χ0n) is 14.8. The van der Waals surface area contributed by atoms with Crippen molar-refractivity contribution in [3.05, 3.63) is 60.7 Å². The fourth-order valence-electron chi connectivity index (χ4n) is 2.79. The molecule has 0 aliphatic rings. The highest BCUT2D eigenvalue weighted by Crippen LogP contribution is 2.36. The molecule has 0 spiro atoms. The average Bonchev–Trinajstić information content (AvgIpc) is 2.53. The molecule has 0 aromatic heterocycles. The molecular formula is C18H24O2Si. The predicted octanol–water partition coefficient (Wildman–Crippen LogP) is 2.56. The summed E-state index contributed by atoms with van der Waals surface area (Å²) in [5.74, 6) is 0. The van der Waals surface area contributed by atoms with E-state index < -0.39 is 21.5 Å². The Morgan fingerprint density at radius 3 is 1.71 bits per heavy atom. The first-order valence-electron chi connectivity index (χ1n) is 8.15. The van der Waals surface area contributed by atoms with E-state index in [0.29, 0.717) is 0 Å². The molecular weight excluding hydrogens is 276 g/mol. The Morgan fingerprint density at radius 2 is 1.38 bits per heavy atom. The highest BCUT2D eigenvalue weighted by molar-refractivity contribution is 6.99. The number of hydrogen-bond acceptors (Lipinski definition) is 2. The fraction of sp³-hybridized carbons (Fsp3) is 0.333. The Balaban J connectivity index is 2.75. The van der Waals surface area contributed by atoms with Crippen LogP contribution in [0.15, 0.2) is 60.7 Å². The van der Waals surface area contributed by atoms with Gasteiger partial charge in [0.15, 0.2) is 0 Å². The number of aliphatic hydroxyl groups is 1. The first-order valence-corrected chi connectivity index (χ1v) is 9.06. The molecule has 2 nitrogen and oxygen atoms in total. The quantitative estimate of drug-likeness (QED) is 0.860. The lowest BCUT2D eigenvalue weighted by atomic mass is 10.2. The van der Waals surface area contributed by atoms with Crippen LogP contribution in [0.5, 0.6) is 0 Å². The van der Waals surface area contributed by atoms with Gasteiger partial charge in [0, 0.05) is 0 Å². The summed E-state index contributed by atoms with van der Waals surface area (Å²) in [4.78, 5) is 0. The van der Waals surface area contributed by atoms with E-state index in [2.05, 4.69) is 20.8 Å². The van der Waals surface area contributed by atoms with E-state index in [0.717, 1.165) is 10.4 Å². The van der Waals surface area contributed by atoms with Crippen molar-refractivity contribution in [1.82, 2.24) is 0 Å². The van der Waals surface area contributed by atoms with Crippen LogP contribution in [0, 0.1) is 0 Å². The number of aliphatic hydroxyl groups excluding tert-OH is 1. The number of hydrogen-bond donors (Lipinski definition) is 1. The summed E-state index contributed by atoms with van der Waals surface area (Å²) in [6.07, 6.45) is 0. The summed E-state index contributed by atoms with van der Waals surface area (Å²) in [6.45, 7) is 3.47. The van der Waals surface area contributed by atoms with Gasteiger partial charge in [-0.05, 0) is 15.4 Å². The standard InChI is InChI=1S/C18H24O2Si/c1-18(2,3)21(20-15-14-19,16-10-6-4-7-11-16)17-12-8-5-9-13-17/h4-13,19H,14-15H2,1-3H3/i15T2. The van der Waals surface area contributed by atoms with E-state index >= 15 is 0 Å². The minimum Gasteiger partial charge on any atom is -0.405 e. The van der Waals surface area contributed by atoms with Gasteiger partial charge < -0.3 is 9.53 Å². The van der Waals surface area contributed by atoms with Gasteiger partial charge in [-0.2, -0.15) is 0 Å². The largest absolute Gasteiger partial charge is 0.405 e. The summed E-state index contributed by atoms with van der Waals surface area (Å²) in [5.41, 5.74) is 0. The lowest BCUT2D eigenvalue weighted by Gasteiger charge is -2.42. The van der Waals surface area contributed by atoms with Crippen LogP contribution < -0.4 is 10.4 Å². The molecule has 0 aliphatic carbocycles. The van der Waals surface area contributed by atoms with Crippen molar-refractivity contribution in [2.45, 2.75) is 25.8 Å². The average molecular weight is 304 g/mol. The van der Waals surface area contributed by atoms with Crippen molar-refractivity contribution in [3.8, 4) is 0 Å². The van der Waals surface area contributed by atoms with Crippen LogP contribution in [0.1, 0.15) is 23.5 Å². The van der Waals surface area contributed by atoms with Gasteiger partial charge in [-0.1, -0.05) is 81.4 Å². The summed E-state index contributed by atoms with van der Waals surface area (Å²) >= 11 is 0. The molecule has 2 aromatic carbocycles. The van der Waals surface area contributed by atoms with Crippen LogP contribution >= 0.6 is 0 Å². The molecule has 0 fully saturated rings. The topological polar surface area (TPSA) is 29.5 Å². The zero-order valence-corrected chi connectivity index (χ0v) is 13.8. The van der Waals surface area contributed by atoms with Crippen molar-refractivity contribution in [2.75, 3.05) is 13.2 Å². The molecule has 0 saturated heterocycles. The van der Waals surface area contributed by atoms with Crippen LogP contribution in [0.2, 0.25) is 5.04 Å². The van der Waals surface area contributed by atoms with E-state index in [4.69, 9.17) is 7.17 Å². The molecule has 112 valence electrons. The Kier molecular flexibility index (Phi) is 4.14. The SMILES string of the molecule is [3H]C([3H])(CO)O[Si](c1ccccc1)(c1ccccc1)C(C)(C)C. The lowest BCUT2D eigenvalue weighted by molar-refractivity contribution is 0.193. The first-order chi connectivity index (χ1) is 10.7. The molecule has 2 rings (SSSR count). The van der Waals surface area contributed by atoms with Gasteiger partial charge in [0.2, 0.25) is 0 Å². The van der Waals surface area contributed by atoms with Crippen LogP contribution in [0.4, 0.5) is 0 Å². The van der Waals surface area contributed by atoms with Crippen molar-refractivity contribution in [1.29, 1.82) is 0 Å². The maximum atomic E-state index is 9.44. The maximum absolute atomic E-state index is 9.44. The van der Waals surface area contributed by atoms with Crippen molar-refractivity contribution in [2.24, 2.45) is 0 Å². The van der Waals surface area contributed by atoms with Crippen LogP contribution in [-0.2, 0) is 4.43 Å². The van der Waals surface area contributed by atoms with Crippen molar-refractivity contribution >= 4 is 18.7 Å². The second-order valence-electron chi connectivity index (χ2n) is 6.07. The van der Waals surface area contributed by atoms with Crippen LogP contribution in [0.3, 0.4) is 0 Å². The molecule has 0 aliphatic heterocycles. The Labute approximate surface area is 131 Å². The van der Waals surface area contributed by atoms with E-state index in [1.165, 1.54) is 0 Å². The Hall–Kier alpha value is -1.42. The smallest absolute Gasteiger partial charge is 0.261 e. The normalized spacial score (nSPS) is 14.5. The molecule has 1 N–H and O–H groups in total. The van der Waals surface area contributed by atoms with E-state index in [1.807, 2.05) is 60.7 Å². The van der Waals surface area contributed by atoms with E-state index in [1.54, 1.807) is 0 Å². The number of rotatable bonds is 5. The Bertz CT molecular complexity index is 585. The van der Waals surface area contributed by atoms with Crippen LogP contribution in [-0.4, -0.2) is 26.6 Å². The molecule has 0 atom stereocenters. The molecule has 0 saturated carbocycles. The third-order valence-electron chi connectivity index (χ3n) is 3.71. The summed E-state index contributed by atoms with van der Waals surface area (Å²) < 4.78 is 22.2. The van der Waals surface area contributed by atoms with Crippen LogP contribution in [0.25, 0.3) is 0 Å². The lowest BCUT2D eigenvalue weighted by Crippen LogP contribution is -2.66. The molecule has 2 aromatic rings. The van der Waals surface area contributed by atoms with Crippen molar-refractivity contribution < 1.29 is 12.3 Å². The van der Waals surface area contributed by atoms with Gasteiger partial charge >= 0.3 is 0 Å². The third-order valence-corrected chi connectivity index (χ3v) is 8.56. The maximum Gasteiger partial charge on any atom is 0.261 e. The molecule has 0 unspecified atom stereocenters. The molecule has 21 heavy (non-hydrogen) atoms. The zero-order chi connectivity index (χ0) is 17.1. The summed E-state index contributed by atoms with van der Waals surface area (Å²) in [7, 11) is -2.94. The summed E-state index contributed by atoms with van der Waals surface area (Å²) in [5, 5.41) is 11.1. The summed E-state index contributed by atoms with van der Waals surface area (Å²) in [6, 6.07) is 19.7. The second kappa shape index (κ2) is 6.56. The molecule has 0 heterocycles. The highest BCUT2D eigenvalue weighted by atomic mass is 28.4.